The van der Waals surface area contributed by atoms with E-state index in [1.165, 1.54) is 0 Å². The van der Waals surface area contributed by atoms with E-state index in [1.807, 2.05) is 13.8 Å². The Morgan fingerprint density at radius 1 is 1.44 bits per heavy atom. The average Bonchev–Trinajstić information content (AvgIpc) is 1.84. The van der Waals surface area contributed by atoms with Crippen molar-refractivity contribution in [3.63, 3.8) is 0 Å². The van der Waals surface area contributed by atoms with Gasteiger partial charge in [-0.25, -0.2) is 0 Å². The fourth-order valence-electron chi connectivity index (χ4n) is 0.509. The molecular formula is C6H12I2O. The maximum absolute atomic E-state index is 9.38. The SMILES string of the molecule is CC(C)C(O)C(I)CI. The Morgan fingerprint density at radius 3 is 2.00 bits per heavy atom. The zero-order chi connectivity index (χ0) is 7.44. The molecule has 0 aromatic heterocycles. The molecule has 0 aliphatic heterocycles. The van der Waals surface area contributed by atoms with Crippen LogP contribution in [0.5, 0.6) is 0 Å². The third-order valence-corrected chi connectivity index (χ3v) is 5.01. The van der Waals surface area contributed by atoms with Crippen molar-refractivity contribution in [2.45, 2.75) is 23.9 Å². The van der Waals surface area contributed by atoms with E-state index in [9.17, 15) is 5.11 Å². The third-order valence-electron chi connectivity index (χ3n) is 1.20. The minimum absolute atomic E-state index is 0.137. The molecule has 1 nitrogen and oxygen atoms in total. The Bertz CT molecular complexity index is 75.5. The molecule has 0 amide bonds. The van der Waals surface area contributed by atoms with Gasteiger partial charge in [-0.2, -0.15) is 0 Å². The molecule has 0 aliphatic rings. The van der Waals surface area contributed by atoms with Crippen molar-refractivity contribution in [3.05, 3.63) is 0 Å². The van der Waals surface area contributed by atoms with Gasteiger partial charge in [0.15, 0.2) is 0 Å². The number of halogens is 2. The Morgan fingerprint density at radius 2 is 1.89 bits per heavy atom. The van der Waals surface area contributed by atoms with Crippen LogP contribution < -0.4 is 0 Å². The molecule has 0 bridgehead atoms. The van der Waals surface area contributed by atoms with Gasteiger partial charge in [0.2, 0.25) is 0 Å². The highest BCUT2D eigenvalue weighted by Gasteiger charge is 2.17. The summed E-state index contributed by atoms with van der Waals surface area (Å²) in [6.07, 6.45) is -0.137. The highest BCUT2D eigenvalue weighted by Crippen LogP contribution is 2.16. The summed E-state index contributed by atoms with van der Waals surface area (Å²) in [5, 5.41) is 9.38. The van der Waals surface area contributed by atoms with Gasteiger partial charge in [-0.05, 0) is 5.92 Å². The second kappa shape index (κ2) is 5.12. The molecule has 0 rings (SSSR count). The molecular weight excluding hydrogens is 342 g/mol. The third kappa shape index (κ3) is 3.98. The lowest BCUT2D eigenvalue weighted by Crippen LogP contribution is -2.26. The number of aliphatic hydroxyl groups excluding tert-OH is 1. The lowest BCUT2D eigenvalue weighted by molar-refractivity contribution is 0.132. The van der Waals surface area contributed by atoms with Gasteiger partial charge in [-0.1, -0.05) is 59.0 Å². The predicted octanol–water partition coefficient (Wildman–Crippen LogP) is 2.24. The summed E-state index contributed by atoms with van der Waals surface area (Å²) in [5.41, 5.74) is 0. The topological polar surface area (TPSA) is 20.2 Å². The summed E-state index contributed by atoms with van der Waals surface area (Å²) in [5.74, 6) is 0.390. The van der Waals surface area contributed by atoms with E-state index in [0.717, 1.165) is 4.43 Å². The summed E-state index contributed by atoms with van der Waals surface area (Å²) < 4.78 is 1.43. The number of alkyl halides is 2. The van der Waals surface area contributed by atoms with E-state index in [-0.39, 0.29) is 6.10 Å². The van der Waals surface area contributed by atoms with E-state index < -0.39 is 0 Å². The van der Waals surface area contributed by atoms with E-state index in [4.69, 9.17) is 0 Å². The van der Waals surface area contributed by atoms with Crippen molar-refractivity contribution in [2.24, 2.45) is 5.92 Å². The number of hydrogen-bond acceptors (Lipinski definition) is 1. The molecule has 3 heteroatoms. The van der Waals surface area contributed by atoms with Crippen LogP contribution in [0.25, 0.3) is 0 Å². The molecule has 0 aliphatic carbocycles. The predicted molar refractivity (Wildman–Crippen MR) is 57.5 cm³/mol. The highest BCUT2D eigenvalue weighted by molar-refractivity contribution is 14.1. The molecule has 2 atom stereocenters. The van der Waals surface area contributed by atoms with Gasteiger partial charge in [-0.15, -0.1) is 0 Å². The lowest BCUT2D eigenvalue weighted by Gasteiger charge is -2.18. The molecule has 2 unspecified atom stereocenters. The van der Waals surface area contributed by atoms with Crippen LogP contribution in [0.4, 0.5) is 0 Å². The molecule has 0 aromatic rings. The van der Waals surface area contributed by atoms with Gasteiger partial charge in [-0.3, -0.25) is 0 Å². The fraction of sp³-hybridized carbons (Fsp3) is 1.00. The van der Waals surface area contributed by atoms with E-state index in [2.05, 4.69) is 45.2 Å². The Balaban J connectivity index is 3.58. The quantitative estimate of drug-likeness (QED) is 0.609. The summed E-state index contributed by atoms with van der Waals surface area (Å²) in [4.78, 5) is 0. The van der Waals surface area contributed by atoms with Gasteiger partial charge < -0.3 is 5.11 Å². The van der Waals surface area contributed by atoms with Gasteiger partial charge in [0, 0.05) is 8.35 Å². The normalized spacial score (nSPS) is 18.0. The molecule has 0 radical (unpaired) electrons. The maximum atomic E-state index is 9.38. The van der Waals surface area contributed by atoms with Crippen molar-refractivity contribution in [1.29, 1.82) is 0 Å². The minimum Gasteiger partial charge on any atom is -0.392 e. The van der Waals surface area contributed by atoms with Crippen LogP contribution in [0.3, 0.4) is 0 Å². The van der Waals surface area contributed by atoms with Crippen LogP contribution in [0.1, 0.15) is 13.8 Å². The van der Waals surface area contributed by atoms with Crippen LogP contribution in [-0.2, 0) is 0 Å². The monoisotopic (exact) mass is 354 g/mol. The molecule has 1 N–H and O–H groups in total. The first-order chi connectivity index (χ1) is 4.09. The van der Waals surface area contributed by atoms with Crippen molar-refractivity contribution in [2.75, 3.05) is 4.43 Å². The van der Waals surface area contributed by atoms with Crippen LogP contribution in [0.2, 0.25) is 0 Å². The molecule has 9 heavy (non-hydrogen) atoms. The smallest absolute Gasteiger partial charge is 0.0688 e. The van der Waals surface area contributed by atoms with Crippen LogP contribution in [0.15, 0.2) is 0 Å². The molecule has 0 aromatic carbocycles. The molecule has 56 valence electrons. The summed E-state index contributed by atoms with van der Waals surface area (Å²) >= 11 is 4.58. The van der Waals surface area contributed by atoms with Gasteiger partial charge >= 0.3 is 0 Å². The molecule has 0 saturated carbocycles. The van der Waals surface area contributed by atoms with Gasteiger partial charge in [0.1, 0.15) is 0 Å². The van der Waals surface area contributed by atoms with Crippen molar-refractivity contribution in [1.82, 2.24) is 0 Å². The summed E-state index contributed by atoms with van der Waals surface area (Å²) in [6, 6.07) is 0. The number of rotatable bonds is 3. The zero-order valence-corrected chi connectivity index (χ0v) is 9.96. The van der Waals surface area contributed by atoms with Crippen molar-refractivity contribution in [3.8, 4) is 0 Å². The first-order valence-corrected chi connectivity index (χ1v) is 5.74. The number of hydrogen-bond donors (Lipinski definition) is 1. The minimum atomic E-state index is -0.137. The van der Waals surface area contributed by atoms with Gasteiger partial charge in [0.05, 0.1) is 6.10 Å². The average molecular weight is 354 g/mol. The zero-order valence-electron chi connectivity index (χ0n) is 5.64. The Hall–Kier alpha value is 1.42. The van der Waals surface area contributed by atoms with Crippen LogP contribution in [-0.4, -0.2) is 19.6 Å². The van der Waals surface area contributed by atoms with E-state index in [0.29, 0.717) is 9.84 Å². The van der Waals surface area contributed by atoms with E-state index >= 15 is 0 Å². The number of aliphatic hydroxyl groups is 1. The van der Waals surface area contributed by atoms with Crippen LogP contribution >= 0.6 is 45.2 Å². The second-order valence-corrected chi connectivity index (χ2v) is 4.89. The lowest BCUT2D eigenvalue weighted by atomic mass is 10.1. The first-order valence-electron chi connectivity index (χ1n) is 2.97. The van der Waals surface area contributed by atoms with Gasteiger partial charge in [0.25, 0.3) is 0 Å². The van der Waals surface area contributed by atoms with Crippen molar-refractivity contribution >= 4 is 45.2 Å². The Labute approximate surface area is 83.9 Å². The van der Waals surface area contributed by atoms with Crippen molar-refractivity contribution < 1.29 is 5.11 Å². The molecule has 0 heterocycles. The molecule has 0 fully saturated rings. The summed E-state index contributed by atoms with van der Waals surface area (Å²) in [6.45, 7) is 4.09. The molecule has 0 spiro atoms. The second-order valence-electron chi connectivity index (χ2n) is 2.40. The summed E-state index contributed by atoms with van der Waals surface area (Å²) in [7, 11) is 0. The largest absolute Gasteiger partial charge is 0.392 e. The Kier molecular flexibility index (Phi) is 5.93. The first kappa shape index (κ1) is 10.4. The van der Waals surface area contributed by atoms with Crippen LogP contribution in [0, 0.1) is 5.92 Å². The fourth-order valence-corrected chi connectivity index (χ4v) is 1.86. The van der Waals surface area contributed by atoms with E-state index in [1.54, 1.807) is 0 Å². The molecule has 0 saturated heterocycles. The maximum Gasteiger partial charge on any atom is 0.0688 e. The highest BCUT2D eigenvalue weighted by atomic mass is 127. The standard InChI is InChI=1S/C6H12I2O/c1-4(2)6(9)5(8)3-7/h4-6,9H,3H2,1-2H3.